The molecular weight excluding hydrogens is 705 g/mol. The van der Waals surface area contributed by atoms with E-state index in [2.05, 4.69) is 10.6 Å². The van der Waals surface area contributed by atoms with Crippen LogP contribution in [0.15, 0.2) is 103 Å². The summed E-state index contributed by atoms with van der Waals surface area (Å²) in [6.45, 7) is 8.08. The quantitative estimate of drug-likeness (QED) is 0.0830. The normalized spacial score (nSPS) is 13.5. The molecule has 11 nitrogen and oxygen atoms in total. The lowest BCUT2D eigenvalue weighted by Gasteiger charge is -2.34. The van der Waals surface area contributed by atoms with Crippen LogP contribution in [0.4, 0.5) is 22.7 Å². The fraction of sp³-hybridized carbons (Fsp3) is 0.222. The number of hydrogen-bond donors (Lipinski definition) is 4. The molecular formula is C45H46N6O5. The molecule has 5 N–H and O–H groups in total. The van der Waals surface area contributed by atoms with E-state index in [9.17, 15) is 19.5 Å². The van der Waals surface area contributed by atoms with Crippen LogP contribution in [-0.2, 0) is 4.74 Å². The summed E-state index contributed by atoms with van der Waals surface area (Å²) in [6, 6.07) is 31.9. The fourth-order valence-electron chi connectivity index (χ4n) is 7.49. The Kier molecular flexibility index (Phi) is 10.8. The molecule has 1 atom stereocenters. The van der Waals surface area contributed by atoms with E-state index < -0.39 is 12.1 Å². The maximum atomic E-state index is 14.3. The first-order chi connectivity index (χ1) is 26.9. The minimum Gasteiger partial charge on any atom is -0.378 e. The highest BCUT2D eigenvalue weighted by Gasteiger charge is 2.27. The van der Waals surface area contributed by atoms with Crippen molar-refractivity contribution in [3.63, 3.8) is 0 Å². The number of nitrogens with zero attached hydrogens (tertiary/aromatic N) is 3. The summed E-state index contributed by atoms with van der Waals surface area (Å²) in [5.41, 5.74) is 13.4. The van der Waals surface area contributed by atoms with Crippen molar-refractivity contribution in [2.24, 2.45) is 5.73 Å². The van der Waals surface area contributed by atoms with Crippen molar-refractivity contribution < 1.29 is 24.2 Å². The van der Waals surface area contributed by atoms with E-state index in [-0.39, 0.29) is 11.8 Å². The molecule has 6 aromatic carbocycles. The van der Waals surface area contributed by atoms with E-state index in [0.717, 1.165) is 55.3 Å². The van der Waals surface area contributed by atoms with Crippen LogP contribution < -0.4 is 16.4 Å². The summed E-state index contributed by atoms with van der Waals surface area (Å²) in [5, 5.41) is 25.1. The van der Waals surface area contributed by atoms with Gasteiger partial charge in [-0.25, -0.2) is 0 Å². The van der Waals surface area contributed by atoms with Gasteiger partial charge in [0.05, 0.1) is 13.2 Å². The smallest absolute Gasteiger partial charge is 0.268 e. The number of nitrogens with two attached hydrogens (primary N) is 1. The van der Waals surface area contributed by atoms with Crippen LogP contribution in [0.1, 0.15) is 59.6 Å². The molecule has 1 aliphatic heterocycles. The van der Waals surface area contributed by atoms with Crippen LogP contribution in [0.25, 0.3) is 21.5 Å². The Balaban J connectivity index is 1.14. The lowest BCUT2D eigenvalue weighted by Crippen LogP contribution is -2.43. The van der Waals surface area contributed by atoms with Crippen LogP contribution >= 0.6 is 0 Å². The molecule has 3 amide bonds. The van der Waals surface area contributed by atoms with Gasteiger partial charge in [0.2, 0.25) is 5.91 Å². The van der Waals surface area contributed by atoms with Crippen LogP contribution in [-0.4, -0.2) is 78.1 Å². The van der Waals surface area contributed by atoms with Gasteiger partial charge in [-0.1, -0.05) is 54.6 Å². The zero-order chi connectivity index (χ0) is 39.7. The first-order valence-electron chi connectivity index (χ1n) is 18.6. The molecule has 286 valence electrons. The van der Waals surface area contributed by atoms with E-state index in [1.54, 1.807) is 38.4 Å². The topological polar surface area (TPSA) is 140 Å². The van der Waals surface area contributed by atoms with E-state index in [4.69, 9.17) is 10.5 Å². The summed E-state index contributed by atoms with van der Waals surface area (Å²) < 4.78 is 5.47. The first-order valence-corrected chi connectivity index (χ1v) is 18.6. The van der Waals surface area contributed by atoms with E-state index >= 15 is 0 Å². The number of primary amides is 1. The second-order valence-corrected chi connectivity index (χ2v) is 14.2. The number of morpholine rings is 1. The molecule has 1 unspecified atom stereocenters. The molecule has 6 aromatic rings. The third-order valence-electron chi connectivity index (χ3n) is 10.7. The largest absolute Gasteiger partial charge is 0.378 e. The second-order valence-electron chi connectivity index (χ2n) is 14.2. The molecule has 56 heavy (non-hydrogen) atoms. The molecule has 11 heteroatoms. The van der Waals surface area contributed by atoms with Gasteiger partial charge in [-0.3, -0.25) is 19.4 Å². The Morgan fingerprint density at radius 3 is 1.98 bits per heavy atom. The predicted molar refractivity (Wildman–Crippen MR) is 222 cm³/mol. The van der Waals surface area contributed by atoms with Gasteiger partial charge in [0.1, 0.15) is 6.23 Å². The number of aliphatic hydroxyl groups excluding tert-OH is 1. The van der Waals surface area contributed by atoms with Gasteiger partial charge < -0.3 is 31.1 Å². The van der Waals surface area contributed by atoms with Crippen LogP contribution in [0.2, 0.25) is 0 Å². The number of aryl methyl sites for hydroxylation is 2. The lowest BCUT2D eigenvalue weighted by atomic mass is 9.97. The molecule has 0 aromatic heterocycles. The molecule has 1 saturated heterocycles. The number of amides is 3. The Labute approximate surface area is 326 Å². The number of hydrogen-bond acceptors (Lipinski definition) is 8. The fourth-order valence-corrected chi connectivity index (χ4v) is 7.49. The Morgan fingerprint density at radius 1 is 0.732 bits per heavy atom. The number of ether oxygens (including phenoxy) is 1. The maximum absolute atomic E-state index is 14.3. The second kappa shape index (κ2) is 15.8. The highest BCUT2D eigenvalue weighted by Crippen LogP contribution is 2.36. The highest BCUT2D eigenvalue weighted by molar-refractivity contribution is 6.13. The molecule has 0 spiro atoms. The zero-order valence-corrected chi connectivity index (χ0v) is 32.2. The van der Waals surface area contributed by atoms with Crippen molar-refractivity contribution in [1.82, 2.24) is 14.9 Å². The first kappa shape index (κ1) is 38.0. The molecule has 0 radical (unpaired) electrons. The van der Waals surface area contributed by atoms with Crippen LogP contribution in [0.5, 0.6) is 0 Å². The number of anilines is 4. The van der Waals surface area contributed by atoms with Gasteiger partial charge in [0.15, 0.2) is 0 Å². The SMILES string of the molecule is Cc1c(Nc2ccc(C(=O)N3CCOCC3)c3c(C)cccc23)cccc1C(O)N(C)N(C)C(=O)c1ccc(Nc2cccc(C(N)=O)c2)c2cccc(C)c12. The predicted octanol–water partition coefficient (Wildman–Crippen LogP) is 7.59. The number of rotatable bonds is 10. The number of nitrogens with one attached hydrogen (secondary N) is 2. The van der Waals surface area contributed by atoms with Crippen molar-refractivity contribution in [1.29, 1.82) is 0 Å². The Morgan fingerprint density at radius 2 is 1.32 bits per heavy atom. The maximum Gasteiger partial charge on any atom is 0.268 e. The lowest BCUT2D eigenvalue weighted by molar-refractivity contribution is -0.0910. The highest BCUT2D eigenvalue weighted by atomic mass is 16.5. The van der Waals surface area contributed by atoms with Gasteiger partial charge in [0, 0.05) is 83.0 Å². The summed E-state index contributed by atoms with van der Waals surface area (Å²) in [6.07, 6.45) is -1.16. The number of carbonyl (C=O) groups excluding carboxylic acids is 3. The molecule has 0 aliphatic carbocycles. The van der Waals surface area contributed by atoms with Gasteiger partial charge >= 0.3 is 0 Å². The molecule has 7 rings (SSSR count). The van der Waals surface area contributed by atoms with Crippen LogP contribution in [0.3, 0.4) is 0 Å². The Hall–Kier alpha value is -6.27. The minimum atomic E-state index is -1.16. The van der Waals surface area contributed by atoms with Gasteiger partial charge in [-0.05, 0) is 96.8 Å². The molecule has 1 fully saturated rings. The molecule has 0 saturated carbocycles. The monoisotopic (exact) mass is 750 g/mol. The molecule has 0 bridgehead atoms. The van der Waals surface area contributed by atoms with E-state index in [1.165, 1.54) is 10.0 Å². The average molecular weight is 751 g/mol. The number of aliphatic hydroxyl groups is 1. The Bertz CT molecular complexity index is 2490. The van der Waals surface area contributed by atoms with Gasteiger partial charge in [-0.2, -0.15) is 5.01 Å². The third kappa shape index (κ3) is 7.27. The van der Waals surface area contributed by atoms with Crippen molar-refractivity contribution in [2.75, 3.05) is 51.0 Å². The summed E-state index contributed by atoms with van der Waals surface area (Å²) in [5.74, 6) is -0.825. The van der Waals surface area contributed by atoms with Crippen molar-refractivity contribution in [3.8, 4) is 0 Å². The van der Waals surface area contributed by atoms with Crippen molar-refractivity contribution >= 4 is 62.0 Å². The van der Waals surface area contributed by atoms with Gasteiger partial charge in [-0.15, -0.1) is 0 Å². The van der Waals surface area contributed by atoms with E-state index in [1.807, 2.05) is 105 Å². The summed E-state index contributed by atoms with van der Waals surface area (Å²) in [7, 11) is 3.32. The number of benzene rings is 6. The average Bonchev–Trinajstić information content (AvgIpc) is 3.21. The number of carbonyl (C=O) groups is 3. The summed E-state index contributed by atoms with van der Waals surface area (Å²) in [4.78, 5) is 41.5. The molecule has 1 aliphatic rings. The third-order valence-corrected chi connectivity index (χ3v) is 10.7. The van der Waals surface area contributed by atoms with Gasteiger partial charge in [0.25, 0.3) is 11.8 Å². The number of fused-ring (bicyclic) bond motifs is 2. The van der Waals surface area contributed by atoms with Crippen LogP contribution in [0, 0.1) is 20.8 Å². The van der Waals surface area contributed by atoms with Crippen molar-refractivity contribution in [3.05, 3.63) is 142 Å². The number of hydrazine groups is 1. The molecule has 1 heterocycles. The zero-order valence-electron chi connectivity index (χ0n) is 32.2. The minimum absolute atomic E-state index is 0.00901. The standard InChI is InChI=1S/C45H46N6O5/c1-27-10-6-15-33-38(47-31-13-8-12-30(26-31)42(46)52)20-18-35(40(27)33)44(54)50(5)49(4)43(53)32-14-9-17-37(29(32)3)48-39-21-19-36(41-28(2)11-7-16-34(39)41)45(55)51-22-24-56-25-23-51/h6-21,26,43,47-48,53H,22-25H2,1-5H3,(H2,46,52). The summed E-state index contributed by atoms with van der Waals surface area (Å²) >= 11 is 0. The van der Waals surface area contributed by atoms with Crippen molar-refractivity contribution in [2.45, 2.75) is 27.0 Å². The van der Waals surface area contributed by atoms with E-state index in [0.29, 0.717) is 54.2 Å².